The Labute approximate surface area is 492 Å². The molecule has 0 saturated heterocycles. The third-order valence-corrected chi connectivity index (χ3v) is 16.7. The molecule has 3 N–H and O–H groups in total. The second kappa shape index (κ2) is 52.4. The molecule has 0 spiro atoms. The van der Waals surface area contributed by atoms with Crippen LogP contribution < -0.4 is 0 Å². The highest BCUT2D eigenvalue weighted by atomic mass is 31.2. The molecular weight excluding hydrogens is 1080 g/mol. The number of aliphatic hydroxyl groups excluding tert-OH is 1. The van der Waals surface area contributed by atoms with Gasteiger partial charge in [-0.1, -0.05) is 242 Å². The van der Waals surface area contributed by atoms with E-state index >= 15 is 0 Å². The fourth-order valence-corrected chi connectivity index (χ4v) is 10.6. The predicted octanol–water partition coefficient (Wildman–Crippen LogP) is 16.6. The second-order valence-corrected chi connectivity index (χ2v) is 26.8. The van der Waals surface area contributed by atoms with E-state index in [9.17, 15) is 43.2 Å². The number of ether oxygens (including phenoxy) is 4. The van der Waals surface area contributed by atoms with Gasteiger partial charge in [-0.05, 0) is 49.4 Å². The van der Waals surface area contributed by atoms with Crippen molar-refractivity contribution in [3.8, 4) is 0 Å². The molecule has 0 fully saturated rings. The molecule has 0 bridgehead atoms. The molecule has 0 saturated carbocycles. The van der Waals surface area contributed by atoms with Crippen LogP contribution in [0.3, 0.4) is 0 Å². The summed E-state index contributed by atoms with van der Waals surface area (Å²) in [4.78, 5) is 72.1. The Bertz CT molecular complexity index is 1630. The fraction of sp³-hybridized carbons (Fsp3) is 0.935. The second-order valence-electron chi connectivity index (χ2n) is 23.9. The number of carbonyl (C=O) groups is 4. The van der Waals surface area contributed by atoms with Crippen LogP contribution in [0.5, 0.6) is 0 Å². The molecule has 0 aromatic carbocycles. The van der Waals surface area contributed by atoms with E-state index in [0.29, 0.717) is 37.5 Å². The number of aliphatic hydroxyl groups is 1. The first-order valence-electron chi connectivity index (χ1n) is 32.3. The maximum atomic E-state index is 12.9. The highest BCUT2D eigenvalue weighted by molar-refractivity contribution is 7.47. The first-order valence-corrected chi connectivity index (χ1v) is 35.3. The first-order chi connectivity index (χ1) is 38.7. The standard InChI is InChI=1S/C62H120O17P2/c1-9-54(7)40-32-24-15-11-12-16-26-34-42-59(64)72-48-57(78-61(66)44-36-28-17-13-14-22-30-38-52(3)4)50-76-80(68,69)74-46-56(63)47-75-81(70,71)77-51-58(79-62(67)45-37-29-20-18-23-31-39-53(5)6)49-73-60(65)43-35-27-21-19-25-33-41-55(8)10-2/h52-58,63H,9-51H2,1-8H3,(H,68,69)(H,70,71)/t54?,55?,56-,57-,58-/m1/s1. The lowest BCUT2D eigenvalue weighted by Gasteiger charge is -2.21. The maximum Gasteiger partial charge on any atom is 0.472 e. The molecule has 81 heavy (non-hydrogen) atoms. The zero-order valence-corrected chi connectivity index (χ0v) is 54.2. The minimum atomic E-state index is -4.94. The minimum Gasteiger partial charge on any atom is -0.462 e. The molecule has 0 aromatic heterocycles. The third kappa shape index (κ3) is 54.5. The molecule has 480 valence electrons. The van der Waals surface area contributed by atoms with Crippen LogP contribution >= 0.6 is 15.6 Å². The van der Waals surface area contributed by atoms with E-state index < -0.39 is 97.5 Å². The number of hydrogen-bond donors (Lipinski definition) is 3. The topological polar surface area (TPSA) is 237 Å². The number of phosphoric acid groups is 2. The summed E-state index contributed by atoms with van der Waals surface area (Å²) in [6, 6.07) is 0. The van der Waals surface area contributed by atoms with Gasteiger partial charge in [0.1, 0.15) is 19.3 Å². The molecule has 0 amide bonds. The number of rotatable bonds is 59. The van der Waals surface area contributed by atoms with Gasteiger partial charge in [0.25, 0.3) is 0 Å². The van der Waals surface area contributed by atoms with Crippen molar-refractivity contribution in [2.75, 3.05) is 39.6 Å². The molecule has 0 radical (unpaired) electrons. The van der Waals surface area contributed by atoms with E-state index in [4.69, 9.17) is 37.0 Å². The lowest BCUT2D eigenvalue weighted by Crippen LogP contribution is -2.30. The number of carbonyl (C=O) groups excluding carboxylic acids is 4. The van der Waals surface area contributed by atoms with Crippen LogP contribution in [0.2, 0.25) is 0 Å². The summed E-state index contributed by atoms with van der Waals surface area (Å²) in [6.07, 6.45) is 31.0. The van der Waals surface area contributed by atoms with E-state index in [0.717, 1.165) is 108 Å². The van der Waals surface area contributed by atoms with Crippen molar-refractivity contribution in [2.24, 2.45) is 23.7 Å². The Kier molecular flexibility index (Phi) is 51.1. The van der Waals surface area contributed by atoms with E-state index in [2.05, 4.69) is 55.4 Å². The minimum absolute atomic E-state index is 0.100. The summed E-state index contributed by atoms with van der Waals surface area (Å²) in [5, 5.41) is 10.5. The van der Waals surface area contributed by atoms with Crippen molar-refractivity contribution in [1.29, 1.82) is 0 Å². The first kappa shape index (κ1) is 79.1. The monoisotopic (exact) mass is 1200 g/mol. The largest absolute Gasteiger partial charge is 0.472 e. The zero-order valence-electron chi connectivity index (χ0n) is 52.4. The molecule has 17 nitrogen and oxygen atoms in total. The lowest BCUT2D eigenvalue weighted by molar-refractivity contribution is -0.161. The van der Waals surface area contributed by atoms with Crippen LogP contribution in [0.25, 0.3) is 0 Å². The number of phosphoric ester groups is 2. The van der Waals surface area contributed by atoms with Crippen molar-refractivity contribution < 1.29 is 80.2 Å². The van der Waals surface area contributed by atoms with Gasteiger partial charge in [-0.2, -0.15) is 0 Å². The van der Waals surface area contributed by atoms with Gasteiger partial charge < -0.3 is 33.8 Å². The van der Waals surface area contributed by atoms with Crippen LogP contribution in [0.15, 0.2) is 0 Å². The van der Waals surface area contributed by atoms with Crippen LogP contribution in [-0.4, -0.2) is 96.7 Å². The van der Waals surface area contributed by atoms with Crippen molar-refractivity contribution in [3.05, 3.63) is 0 Å². The molecule has 0 aliphatic heterocycles. The summed E-state index contributed by atoms with van der Waals surface area (Å²) < 4.78 is 67.8. The number of esters is 4. The van der Waals surface area contributed by atoms with Crippen LogP contribution in [0.4, 0.5) is 0 Å². The smallest absolute Gasteiger partial charge is 0.462 e. The summed E-state index contributed by atoms with van der Waals surface area (Å²) >= 11 is 0. The van der Waals surface area contributed by atoms with Crippen LogP contribution in [0.1, 0.15) is 293 Å². The van der Waals surface area contributed by atoms with Gasteiger partial charge in [-0.15, -0.1) is 0 Å². The quantitative estimate of drug-likeness (QED) is 0.0222. The predicted molar refractivity (Wildman–Crippen MR) is 321 cm³/mol. The van der Waals surface area contributed by atoms with Gasteiger partial charge in [-0.25, -0.2) is 9.13 Å². The average molecular weight is 1200 g/mol. The van der Waals surface area contributed by atoms with Crippen LogP contribution in [-0.2, 0) is 65.4 Å². The molecule has 0 heterocycles. The number of unbranched alkanes of at least 4 members (excludes halogenated alkanes) is 23. The van der Waals surface area contributed by atoms with E-state index in [1.54, 1.807) is 0 Å². The molecule has 0 aliphatic carbocycles. The van der Waals surface area contributed by atoms with Gasteiger partial charge in [0.05, 0.1) is 26.4 Å². The normalized spacial score (nSPS) is 15.2. The van der Waals surface area contributed by atoms with Gasteiger partial charge in [0, 0.05) is 25.7 Å². The summed E-state index contributed by atoms with van der Waals surface area (Å²) in [5.41, 5.74) is 0. The third-order valence-electron chi connectivity index (χ3n) is 14.8. The molecule has 0 aliphatic rings. The highest BCUT2D eigenvalue weighted by Crippen LogP contribution is 2.45. The van der Waals surface area contributed by atoms with Crippen molar-refractivity contribution in [1.82, 2.24) is 0 Å². The summed E-state index contributed by atoms with van der Waals surface area (Å²) in [6.45, 7) is 13.9. The van der Waals surface area contributed by atoms with Gasteiger partial charge in [0.2, 0.25) is 0 Å². The number of hydrogen-bond acceptors (Lipinski definition) is 15. The lowest BCUT2D eigenvalue weighted by atomic mass is 9.99. The zero-order chi connectivity index (χ0) is 60.4. The van der Waals surface area contributed by atoms with Crippen LogP contribution in [0, 0.1) is 23.7 Å². The SMILES string of the molecule is CCC(C)CCCCCCCCCCC(=O)OC[C@H](COP(=O)(O)OC[C@@H](O)COP(=O)(O)OC[C@@H](COC(=O)CCCCCCCCC(C)CC)OC(=O)CCCCCCCCC(C)C)OC(=O)CCCCCCCCCC(C)C. The van der Waals surface area contributed by atoms with E-state index in [1.807, 2.05) is 0 Å². The highest BCUT2D eigenvalue weighted by Gasteiger charge is 2.30. The Balaban J connectivity index is 5.25. The average Bonchev–Trinajstić information content (AvgIpc) is 3.42. The molecule has 0 aromatic rings. The molecule has 19 heteroatoms. The Hall–Kier alpha value is -1.94. The Morgan fingerprint density at radius 1 is 0.346 bits per heavy atom. The Morgan fingerprint density at radius 3 is 0.877 bits per heavy atom. The van der Waals surface area contributed by atoms with Gasteiger partial charge in [0.15, 0.2) is 12.2 Å². The van der Waals surface area contributed by atoms with Crippen molar-refractivity contribution in [3.63, 3.8) is 0 Å². The van der Waals surface area contributed by atoms with Crippen molar-refractivity contribution in [2.45, 2.75) is 311 Å². The molecule has 7 atom stereocenters. The maximum absolute atomic E-state index is 12.9. The van der Waals surface area contributed by atoms with E-state index in [-0.39, 0.29) is 25.7 Å². The Morgan fingerprint density at radius 2 is 0.593 bits per heavy atom. The fourth-order valence-electron chi connectivity index (χ4n) is 9.01. The molecule has 0 rings (SSSR count). The van der Waals surface area contributed by atoms with Gasteiger partial charge in [-0.3, -0.25) is 37.3 Å². The van der Waals surface area contributed by atoms with Crippen molar-refractivity contribution >= 4 is 39.5 Å². The van der Waals surface area contributed by atoms with Gasteiger partial charge >= 0.3 is 39.5 Å². The van der Waals surface area contributed by atoms with E-state index in [1.165, 1.54) is 89.9 Å². The summed E-state index contributed by atoms with van der Waals surface area (Å²) in [5.74, 6) is 0.725. The summed E-state index contributed by atoms with van der Waals surface area (Å²) in [7, 11) is -9.88. The molecule has 4 unspecified atom stereocenters. The molecular formula is C62H120O17P2.